The zero-order valence-electron chi connectivity index (χ0n) is 12.1. The molecule has 108 valence electrons. The van der Waals surface area contributed by atoms with Crippen LogP contribution in [0.1, 0.15) is 31.1 Å². The topological polar surface area (TPSA) is 12.0 Å². The molecular formula is C17H23NS2. The Morgan fingerprint density at radius 3 is 2.95 bits per heavy atom. The summed E-state index contributed by atoms with van der Waals surface area (Å²) in [5, 5.41) is 10.2. The summed E-state index contributed by atoms with van der Waals surface area (Å²) >= 11 is 3.60. The molecule has 2 aromatic rings. The Bertz CT molecular complexity index is 499. The fraction of sp³-hybridized carbons (Fsp3) is 0.412. The van der Waals surface area contributed by atoms with Crippen molar-refractivity contribution < 1.29 is 0 Å². The lowest BCUT2D eigenvalue weighted by molar-refractivity contribution is 0.456. The quantitative estimate of drug-likeness (QED) is 0.472. The molecule has 1 N–H and O–H groups in total. The smallest absolute Gasteiger partial charge is 0.0299 e. The van der Waals surface area contributed by atoms with Gasteiger partial charge < -0.3 is 5.32 Å². The second-order valence-electron chi connectivity index (χ2n) is 5.08. The summed E-state index contributed by atoms with van der Waals surface area (Å²) in [6.07, 6.45) is 5.67. The summed E-state index contributed by atoms with van der Waals surface area (Å²) in [4.78, 5) is 1.42. The van der Waals surface area contributed by atoms with Gasteiger partial charge in [0, 0.05) is 11.4 Å². The van der Waals surface area contributed by atoms with Crippen molar-refractivity contribution in [3.05, 3.63) is 45.8 Å². The van der Waals surface area contributed by atoms with Crippen LogP contribution in [0.2, 0.25) is 0 Å². The molecule has 0 aliphatic rings. The van der Waals surface area contributed by atoms with Crippen LogP contribution in [-0.4, -0.2) is 6.54 Å². The van der Waals surface area contributed by atoms with Crippen molar-refractivity contribution in [2.24, 2.45) is 5.92 Å². The van der Waals surface area contributed by atoms with Crippen LogP contribution < -0.4 is 5.32 Å². The van der Waals surface area contributed by atoms with Gasteiger partial charge in [0.2, 0.25) is 0 Å². The largest absolute Gasteiger partial charge is 0.312 e. The molecule has 0 aromatic carbocycles. The van der Waals surface area contributed by atoms with E-state index in [-0.39, 0.29) is 0 Å². The second kappa shape index (κ2) is 8.40. The van der Waals surface area contributed by atoms with Crippen LogP contribution in [0.3, 0.4) is 0 Å². The Kier molecular flexibility index (Phi) is 6.51. The van der Waals surface area contributed by atoms with Crippen LogP contribution in [0.4, 0.5) is 0 Å². The van der Waals surface area contributed by atoms with Crippen LogP contribution >= 0.6 is 22.7 Å². The normalized spacial score (nSPS) is 12.4. The summed E-state index contributed by atoms with van der Waals surface area (Å²) in [6.45, 7) is 8.18. The molecule has 0 aliphatic carbocycles. The second-order valence-corrected chi connectivity index (χ2v) is 6.85. The minimum Gasteiger partial charge on any atom is -0.312 e. The predicted octanol–water partition coefficient (Wildman–Crippen LogP) is 5.56. The minimum atomic E-state index is 0.782. The Labute approximate surface area is 130 Å². The molecule has 2 heterocycles. The maximum Gasteiger partial charge on any atom is 0.0299 e. The molecule has 0 aliphatic heterocycles. The Balaban J connectivity index is 1.73. The van der Waals surface area contributed by atoms with Crippen LogP contribution in [-0.2, 0) is 6.54 Å². The molecule has 0 bridgehead atoms. The molecule has 0 fully saturated rings. The number of hydrogen-bond donors (Lipinski definition) is 1. The van der Waals surface area contributed by atoms with Gasteiger partial charge in [0.1, 0.15) is 0 Å². The first-order valence-electron chi connectivity index (χ1n) is 7.25. The molecule has 0 saturated carbocycles. The summed E-state index contributed by atoms with van der Waals surface area (Å²) in [6, 6.07) is 4.49. The zero-order valence-corrected chi connectivity index (χ0v) is 13.7. The van der Waals surface area contributed by atoms with Gasteiger partial charge in [-0.25, -0.2) is 0 Å². The predicted molar refractivity (Wildman–Crippen MR) is 92.6 cm³/mol. The molecule has 0 radical (unpaired) electrons. The van der Waals surface area contributed by atoms with Gasteiger partial charge in [-0.1, -0.05) is 19.4 Å². The molecule has 2 rings (SSSR count). The molecular weight excluding hydrogens is 282 g/mol. The first-order chi connectivity index (χ1) is 9.83. The average molecular weight is 306 g/mol. The van der Waals surface area contributed by atoms with Crippen molar-refractivity contribution >= 4 is 22.7 Å². The number of hydrogen-bond acceptors (Lipinski definition) is 3. The van der Waals surface area contributed by atoms with Crippen LogP contribution in [0.15, 0.2) is 40.9 Å². The first-order valence-corrected chi connectivity index (χ1v) is 9.07. The van der Waals surface area contributed by atoms with E-state index in [2.05, 4.69) is 47.1 Å². The van der Waals surface area contributed by atoms with E-state index in [9.17, 15) is 0 Å². The molecule has 0 spiro atoms. The number of nitrogens with one attached hydrogen (secondary N) is 1. The molecule has 1 nitrogen and oxygen atoms in total. The molecule has 0 amide bonds. The highest BCUT2D eigenvalue weighted by Crippen LogP contribution is 2.27. The lowest BCUT2D eigenvalue weighted by Gasteiger charge is -2.12. The van der Waals surface area contributed by atoms with Crippen LogP contribution in [0, 0.1) is 5.92 Å². The third-order valence-electron chi connectivity index (χ3n) is 3.61. The van der Waals surface area contributed by atoms with Gasteiger partial charge in [0.15, 0.2) is 0 Å². The molecule has 2 aromatic heterocycles. The van der Waals surface area contributed by atoms with Crippen molar-refractivity contribution in [1.82, 2.24) is 5.32 Å². The monoisotopic (exact) mass is 305 g/mol. The van der Waals surface area contributed by atoms with Gasteiger partial charge in [-0.3, -0.25) is 0 Å². The zero-order chi connectivity index (χ0) is 14.2. The fourth-order valence-corrected chi connectivity index (χ4v) is 3.82. The van der Waals surface area contributed by atoms with E-state index in [4.69, 9.17) is 0 Å². The van der Waals surface area contributed by atoms with Crippen molar-refractivity contribution in [2.45, 2.75) is 32.7 Å². The average Bonchev–Trinajstić information content (AvgIpc) is 3.12. The summed E-state index contributed by atoms with van der Waals surface area (Å²) in [5.41, 5.74) is 2.70. The lowest BCUT2D eigenvalue weighted by atomic mass is 9.99. The van der Waals surface area contributed by atoms with E-state index >= 15 is 0 Å². The highest BCUT2D eigenvalue weighted by atomic mass is 32.1. The number of rotatable bonds is 9. The SMILES string of the molecule is C=CCC(CC)CCNCc1cc(-c2ccsc2)cs1. The third-order valence-corrected chi connectivity index (χ3v) is 5.23. The van der Waals surface area contributed by atoms with Gasteiger partial charge >= 0.3 is 0 Å². The lowest BCUT2D eigenvalue weighted by Crippen LogP contribution is -2.17. The van der Waals surface area contributed by atoms with Crippen LogP contribution in [0.5, 0.6) is 0 Å². The highest BCUT2D eigenvalue weighted by molar-refractivity contribution is 7.10. The maximum atomic E-state index is 3.83. The molecule has 3 heteroatoms. The minimum absolute atomic E-state index is 0.782. The summed E-state index contributed by atoms with van der Waals surface area (Å²) < 4.78 is 0. The van der Waals surface area contributed by atoms with Gasteiger partial charge in [0.25, 0.3) is 0 Å². The van der Waals surface area contributed by atoms with E-state index in [0.717, 1.165) is 25.4 Å². The van der Waals surface area contributed by atoms with E-state index < -0.39 is 0 Å². The number of thiophene rings is 2. The van der Waals surface area contributed by atoms with Crippen molar-refractivity contribution in [3.63, 3.8) is 0 Å². The van der Waals surface area contributed by atoms with Gasteiger partial charge in [-0.05, 0) is 64.7 Å². The van der Waals surface area contributed by atoms with Crippen molar-refractivity contribution in [2.75, 3.05) is 6.54 Å². The molecule has 0 saturated heterocycles. The van der Waals surface area contributed by atoms with Gasteiger partial charge in [-0.2, -0.15) is 11.3 Å². The van der Waals surface area contributed by atoms with Gasteiger partial charge in [-0.15, -0.1) is 17.9 Å². The molecule has 20 heavy (non-hydrogen) atoms. The van der Waals surface area contributed by atoms with Gasteiger partial charge in [0.05, 0.1) is 0 Å². The van der Waals surface area contributed by atoms with Crippen molar-refractivity contribution in [1.29, 1.82) is 0 Å². The standard InChI is InChI=1S/C17H23NS2/c1-3-5-14(4-2)6-8-18-11-17-10-16(13-20-17)15-7-9-19-12-15/h3,7,9-10,12-14,18H,1,4-6,8,11H2,2H3. The van der Waals surface area contributed by atoms with E-state index in [1.165, 1.54) is 28.8 Å². The number of allylic oxidation sites excluding steroid dienone is 1. The van der Waals surface area contributed by atoms with E-state index in [1.807, 2.05) is 17.4 Å². The maximum absolute atomic E-state index is 3.83. The fourth-order valence-electron chi connectivity index (χ4n) is 2.30. The van der Waals surface area contributed by atoms with Crippen molar-refractivity contribution in [3.8, 4) is 11.1 Å². The summed E-state index contributed by atoms with van der Waals surface area (Å²) in [5.74, 6) is 0.782. The molecule has 1 unspecified atom stereocenters. The summed E-state index contributed by atoms with van der Waals surface area (Å²) in [7, 11) is 0. The Morgan fingerprint density at radius 1 is 1.35 bits per heavy atom. The highest BCUT2D eigenvalue weighted by Gasteiger charge is 2.05. The Morgan fingerprint density at radius 2 is 2.25 bits per heavy atom. The van der Waals surface area contributed by atoms with E-state index in [0.29, 0.717) is 0 Å². The molecule has 1 atom stereocenters. The Hall–Kier alpha value is -0.900. The van der Waals surface area contributed by atoms with Crippen LogP contribution in [0.25, 0.3) is 11.1 Å². The van der Waals surface area contributed by atoms with E-state index in [1.54, 1.807) is 11.3 Å². The third kappa shape index (κ3) is 4.58. The first kappa shape index (κ1) is 15.5.